The molecular weight excluding hydrogens is 264 g/mol. The second-order valence-corrected chi connectivity index (χ2v) is 5.73. The zero-order valence-corrected chi connectivity index (χ0v) is 11.3. The highest BCUT2D eigenvalue weighted by atomic mass is 32.2. The van der Waals surface area contributed by atoms with Crippen LogP contribution in [0.1, 0.15) is 12.8 Å². The topological polar surface area (TPSA) is 73.6 Å². The van der Waals surface area contributed by atoms with Crippen LogP contribution in [0.3, 0.4) is 0 Å². The van der Waals surface area contributed by atoms with Crippen LogP contribution in [0.25, 0.3) is 0 Å². The smallest absolute Gasteiger partial charge is 0.262 e. The summed E-state index contributed by atoms with van der Waals surface area (Å²) in [7, 11) is 0. The fourth-order valence-corrected chi connectivity index (χ4v) is 3.26. The molecule has 0 spiro atoms. The summed E-state index contributed by atoms with van der Waals surface area (Å²) in [5.41, 5.74) is 7.38. The van der Waals surface area contributed by atoms with Gasteiger partial charge in [0, 0.05) is 29.0 Å². The van der Waals surface area contributed by atoms with E-state index in [-0.39, 0.29) is 12.5 Å². The lowest BCUT2D eigenvalue weighted by molar-refractivity contribution is -0.118. The van der Waals surface area contributed by atoms with Crippen molar-refractivity contribution in [1.29, 1.82) is 0 Å². The number of nitrogens with two attached hydrogens (primary N) is 1. The average molecular weight is 280 g/mol. The number of rotatable bonds is 3. The van der Waals surface area contributed by atoms with E-state index < -0.39 is 0 Å². The molecule has 3 N–H and O–H groups in total. The summed E-state index contributed by atoms with van der Waals surface area (Å²) in [4.78, 5) is 12.3. The van der Waals surface area contributed by atoms with E-state index in [1.165, 1.54) is 0 Å². The Morgan fingerprint density at radius 2 is 2.37 bits per heavy atom. The number of hydrogen-bond donors (Lipinski definition) is 2. The van der Waals surface area contributed by atoms with Gasteiger partial charge in [-0.2, -0.15) is 0 Å². The number of carbonyl (C=O) groups is 1. The van der Waals surface area contributed by atoms with Crippen molar-refractivity contribution in [3.8, 4) is 5.75 Å². The van der Waals surface area contributed by atoms with Crippen LogP contribution in [-0.2, 0) is 9.53 Å². The normalized spacial score (nSPS) is 21.7. The van der Waals surface area contributed by atoms with Crippen LogP contribution in [0.4, 0.5) is 11.4 Å². The SMILES string of the molecule is Nc1cc2c(cc1SCC1CCCO1)NC(=O)CO2. The quantitative estimate of drug-likeness (QED) is 0.653. The molecule has 1 atom stereocenters. The predicted octanol–water partition coefficient (Wildman–Crippen LogP) is 1.87. The van der Waals surface area contributed by atoms with E-state index >= 15 is 0 Å². The molecule has 0 radical (unpaired) electrons. The summed E-state index contributed by atoms with van der Waals surface area (Å²) in [6.07, 6.45) is 2.55. The zero-order valence-electron chi connectivity index (χ0n) is 10.5. The van der Waals surface area contributed by atoms with Gasteiger partial charge in [0.25, 0.3) is 5.91 Å². The van der Waals surface area contributed by atoms with Gasteiger partial charge in [0.2, 0.25) is 0 Å². The van der Waals surface area contributed by atoms with Crippen molar-refractivity contribution in [2.24, 2.45) is 0 Å². The Hall–Kier alpha value is -1.40. The maximum atomic E-state index is 11.3. The number of amides is 1. The van der Waals surface area contributed by atoms with E-state index in [2.05, 4.69) is 5.32 Å². The van der Waals surface area contributed by atoms with Crippen molar-refractivity contribution in [2.75, 3.05) is 30.0 Å². The molecular formula is C13H16N2O3S. The Labute approximate surface area is 115 Å². The highest BCUT2D eigenvalue weighted by Gasteiger charge is 2.20. The molecule has 2 heterocycles. The van der Waals surface area contributed by atoms with Gasteiger partial charge in [-0.25, -0.2) is 0 Å². The lowest BCUT2D eigenvalue weighted by Crippen LogP contribution is -2.25. The number of nitrogen functional groups attached to an aromatic ring is 1. The Bertz CT molecular complexity index is 501. The molecule has 6 heteroatoms. The summed E-state index contributed by atoms with van der Waals surface area (Å²) in [5.74, 6) is 1.39. The number of nitrogens with one attached hydrogen (secondary N) is 1. The molecule has 1 amide bonds. The van der Waals surface area contributed by atoms with E-state index in [0.29, 0.717) is 23.2 Å². The van der Waals surface area contributed by atoms with Gasteiger partial charge in [0.05, 0.1) is 11.8 Å². The molecule has 102 valence electrons. The zero-order chi connectivity index (χ0) is 13.2. The van der Waals surface area contributed by atoms with Gasteiger partial charge in [-0.3, -0.25) is 4.79 Å². The monoisotopic (exact) mass is 280 g/mol. The highest BCUT2D eigenvalue weighted by molar-refractivity contribution is 7.99. The van der Waals surface area contributed by atoms with E-state index in [9.17, 15) is 4.79 Å². The van der Waals surface area contributed by atoms with E-state index in [1.807, 2.05) is 6.07 Å². The van der Waals surface area contributed by atoms with E-state index in [0.717, 1.165) is 30.1 Å². The summed E-state index contributed by atoms with van der Waals surface area (Å²) in [5, 5.41) is 2.79. The molecule has 0 bridgehead atoms. The van der Waals surface area contributed by atoms with Gasteiger partial charge < -0.3 is 20.5 Å². The largest absolute Gasteiger partial charge is 0.482 e. The van der Waals surface area contributed by atoms with E-state index in [1.54, 1.807) is 17.8 Å². The van der Waals surface area contributed by atoms with Crippen LogP contribution in [-0.4, -0.2) is 31.0 Å². The van der Waals surface area contributed by atoms with Crippen LogP contribution in [0.2, 0.25) is 0 Å². The molecule has 19 heavy (non-hydrogen) atoms. The minimum Gasteiger partial charge on any atom is -0.482 e. The van der Waals surface area contributed by atoms with Crippen LogP contribution < -0.4 is 15.8 Å². The number of benzene rings is 1. The fraction of sp³-hybridized carbons (Fsp3) is 0.462. The second kappa shape index (κ2) is 5.30. The Morgan fingerprint density at radius 1 is 1.47 bits per heavy atom. The van der Waals surface area contributed by atoms with Crippen LogP contribution in [0.15, 0.2) is 17.0 Å². The highest BCUT2D eigenvalue weighted by Crippen LogP contribution is 2.37. The van der Waals surface area contributed by atoms with Gasteiger partial charge in [-0.1, -0.05) is 0 Å². The Balaban J connectivity index is 1.73. The lowest BCUT2D eigenvalue weighted by Gasteiger charge is -2.20. The van der Waals surface area contributed by atoms with Gasteiger partial charge in [0.15, 0.2) is 6.61 Å². The molecule has 1 unspecified atom stereocenters. The molecule has 1 saturated heterocycles. The molecule has 1 fully saturated rings. The number of anilines is 2. The average Bonchev–Trinajstić information content (AvgIpc) is 2.90. The third kappa shape index (κ3) is 2.79. The standard InChI is InChI=1S/C13H16N2O3S/c14-9-4-11-10(15-13(16)6-18-11)5-12(9)19-7-8-2-1-3-17-8/h4-5,8H,1-3,6-7,14H2,(H,15,16). The van der Waals surface area contributed by atoms with Crippen molar-refractivity contribution in [3.05, 3.63) is 12.1 Å². The van der Waals surface area contributed by atoms with E-state index in [4.69, 9.17) is 15.2 Å². The molecule has 3 rings (SSSR count). The predicted molar refractivity (Wildman–Crippen MR) is 74.7 cm³/mol. The lowest BCUT2D eigenvalue weighted by atomic mass is 10.2. The number of hydrogen-bond acceptors (Lipinski definition) is 5. The summed E-state index contributed by atoms with van der Waals surface area (Å²) in [6.45, 7) is 0.906. The number of carbonyl (C=O) groups excluding carboxylic acids is 1. The van der Waals surface area contributed by atoms with Crippen molar-refractivity contribution in [3.63, 3.8) is 0 Å². The fourth-order valence-electron chi connectivity index (χ4n) is 2.21. The molecule has 0 aliphatic carbocycles. The minimum absolute atomic E-state index is 0.0504. The molecule has 2 aliphatic rings. The van der Waals surface area contributed by atoms with Crippen molar-refractivity contribution in [2.45, 2.75) is 23.8 Å². The third-order valence-corrected chi connectivity index (χ3v) is 4.40. The third-order valence-electron chi connectivity index (χ3n) is 3.19. The van der Waals surface area contributed by atoms with Crippen LogP contribution in [0, 0.1) is 0 Å². The van der Waals surface area contributed by atoms with Crippen LogP contribution in [0.5, 0.6) is 5.75 Å². The molecule has 0 saturated carbocycles. The maximum Gasteiger partial charge on any atom is 0.262 e. The number of thioether (sulfide) groups is 1. The van der Waals surface area contributed by atoms with Gasteiger partial charge in [0.1, 0.15) is 5.75 Å². The number of ether oxygens (including phenoxy) is 2. The first-order valence-electron chi connectivity index (χ1n) is 6.33. The number of fused-ring (bicyclic) bond motifs is 1. The first-order chi connectivity index (χ1) is 9.22. The first kappa shape index (κ1) is 12.6. The van der Waals surface area contributed by atoms with Crippen molar-refractivity contribution in [1.82, 2.24) is 0 Å². The molecule has 1 aromatic rings. The molecule has 0 aromatic heterocycles. The Morgan fingerprint density at radius 3 is 3.16 bits per heavy atom. The first-order valence-corrected chi connectivity index (χ1v) is 7.31. The minimum atomic E-state index is -0.132. The summed E-state index contributed by atoms with van der Waals surface area (Å²) < 4.78 is 10.9. The maximum absolute atomic E-state index is 11.3. The van der Waals surface area contributed by atoms with Crippen molar-refractivity contribution < 1.29 is 14.3 Å². The van der Waals surface area contributed by atoms with Gasteiger partial charge >= 0.3 is 0 Å². The van der Waals surface area contributed by atoms with Gasteiger partial charge in [-0.05, 0) is 18.9 Å². The second-order valence-electron chi connectivity index (χ2n) is 4.67. The summed E-state index contributed by atoms with van der Waals surface area (Å²) >= 11 is 1.66. The Kier molecular flexibility index (Phi) is 3.52. The molecule has 5 nitrogen and oxygen atoms in total. The summed E-state index contributed by atoms with van der Waals surface area (Å²) in [6, 6.07) is 3.65. The van der Waals surface area contributed by atoms with Crippen LogP contribution >= 0.6 is 11.8 Å². The molecule has 2 aliphatic heterocycles. The van der Waals surface area contributed by atoms with Crippen molar-refractivity contribution >= 4 is 29.0 Å². The van der Waals surface area contributed by atoms with Gasteiger partial charge in [-0.15, -0.1) is 11.8 Å². The molecule has 1 aromatic carbocycles.